The van der Waals surface area contributed by atoms with Crippen molar-refractivity contribution in [2.75, 3.05) is 34.3 Å². The Kier molecular flexibility index (Phi) is 8.79. The predicted molar refractivity (Wildman–Crippen MR) is 107 cm³/mol. The van der Waals surface area contributed by atoms with Gasteiger partial charge in [-0.3, -0.25) is 0 Å². The Labute approximate surface area is 174 Å². The number of rotatable bonds is 10. The third-order valence-corrected chi connectivity index (χ3v) is 4.31. The van der Waals surface area contributed by atoms with Gasteiger partial charge in [0.15, 0.2) is 11.5 Å². The molecule has 0 atom stereocenters. The van der Waals surface area contributed by atoms with E-state index in [1.54, 1.807) is 24.3 Å². The fourth-order valence-corrected chi connectivity index (χ4v) is 2.71. The van der Waals surface area contributed by atoms with E-state index in [1.165, 1.54) is 30.2 Å². The van der Waals surface area contributed by atoms with Gasteiger partial charge in [0.05, 0.1) is 13.7 Å². The monoisotopic (exact) mass is 425 g/mol. The number of carbonyl (C=O) groups excluding carboxylic acids is 1. The number of hydrogen-bond acceptors (Lipinski definition) is 4. The second-order valence-electron chi connectivity index (χ2n) is 6.84. The number of carbonyl (C=O) groups is 1. The van der Waals surface area contributed by atoms with E-state index in [4.69, 9.17) is 4.74 Å². The molecule has 164 valence electrons. The average molecular weight is 425 g/mol. The number of benzene rings is 2. The van der Waals surface area contributed by atoms with Gasteiger partial charge in [0.25, 0.3) is 0 Å². The van der Waals surface area contributed by atoms with Gasteiger partial charge in [-0.25, -0.2) is 9.18 Å². The maximum Gasteiger partial charge on any atom is 0.387 e. The number of likely N-dealkylation sites (N-methyl/N-ethyl adjacent to an activating group) is 1. The molecule has 0 aliphatic heterocycles. The first kappa shape index (κ1) is 23.3. The standard InChI is InChI=1S/C21H26F3N3O3/c1-26(2)10-11-27(14-16-6-4-5-7-17(16)22)21(28)25-13-15-8-9-18(30-20(23)24)19(12-15)29-3/h4-9,12,20H,10-11,13-14H2,1-3H3,(H,25,28). The Balaban J connectivity index is 2.06. The number of methoxy groups -OCH3 is 1. The molecule has 0 aliphatic carbocycles. The van der Waals surface area contributed by atoms with Gasteiger partial charge in [-0.2, -0.15) is 8.78 Å². The molecule has 30 heavy (non-hydrogen) atoms. The van der Waals surface area contributed by atoms with Crippen molar-refractivity contribution < 1.29 is 27.4 Å². The van der Waals surface area contributed by atoms with E-state index < -0.39 is 6.61 Å². The number of nitrogens with zero attached hydrogens (tertiary/aromatic N) is 2. The Hall–Kier alpha value is -2.94. The highest BCUT2D eigenvalue weighted by Gasteiger charge is 2.17. The van der Waals surface area contributed by atoms with Gasteiger partial charge >= 0.3 is 12.6 Å². The summed E-state index contributed by atoms with van der Waals surface area (Å²) in [5, 5.41) is 2.78. The lowest BCUT2D eigenvalue weighted by Crippen LogP contribution is -2.42. The zero-order chi connectivity index (χ0) is 22.1. The fourth-order valence-electron chi connectivity index (χ4n) is 2.71. The first-order valence-electron chi connectivity index (χ1n) is 9.32. The number of urea groups is 1. The summed E-state index contributed by atoms with van der Waals surface area (Å²) in [6.07, 6.45) is 0. The summed E-state index contributed by atoms with van der Waals surface area (Å²) < 4.78 is 48.4. The SMILES string of the molecule is COc1cc(CNC(=O)N(CCN(C)C)Cc2ccccc2F)ccc1OC(F)F. The zero-order valence-electron chi connectivity index (χ0n) is 17.2. The smallest absolute Gasteiger partial charge is 0.387 e. The molecule has 0 heterocycles. The van der Waals surface area contributed by atoms with Gasteiger partial charge in [0.2, 0.25) is 0 Å². The summed E-state index contributed by atoms with van der Waals surface area (Å²) in [6, 6.07) is 10.4. The van der Waals surface area contributed by atoms with Crippen molar-refractivity contribution in [3.05, 3.63) is 59.4 Å². The summed E-state index contributed by atoms with van der Waals surface area (Å²) in [5.41, 5.74) is 1.06. The first-order valence-corrected chi connectivity index (χ1v) is 9.32. The van der Waals surface area contributed by atoms with Crippen molar-refractivity contribution in [2.45, 2.75) is 19.7 Å². The molecule has 2 amide bonds. The van der Waals surface area contributed by atoms with Gasteiger partial charge in [-0.15, -0.1) is 0 Å². The lowest BCUT2D eigenvalue weighted by Gasteiger charge is -2.25. The second kappa shape index (κ2) is 11.3. The number of ether oxygens (including phenoxy) is 2. The van der Waals surface area contributed by atoms with Crippen molar-refractivity contribution in [1.82, 2.24) is 15.1 Å². The summed E-state index contributed by atoms with van der Waals surface area (Å²) >= 11 is 0. The maximum absolute atomic E-state index is 14.0. The lowest BCUT2D eigenvalue weighted by atomic mass is 10.2. The molecular formula is C21H26F3N3O3. The molecule has 0 saturated heterocycles. The van der Waals surface area contributed by atoms with E-state index in [-0.39, 0.29) is 36.4 Å². The highest BCUT2D eigenvalue weighted by atomic mass is 19.3. The molecule has 1 N–H and O–H groups in total. The zero-order valence-corrected chi connectivity index (χ0v) is 17.2. The van der Waals surface area contributed by atoms with Crippen molar-refractivity contribution >= 4 is 6.03 Å². The van der Waals surface area contributed by atoms with Crippen LogP contribution in [0.15, 0.2) is 42.5 Å². The molecule has 0 spiro atoms. The third-order valence-electron chi connectivity index (χ3n) is 4.31. The summed E-state index contributed by atoms with van der Waals surface area (Å²) in [4.78, 5) is 16.2. The van der Waals surface area contributed by atoms with E-state index in [0.29, 0.717) is 24.2 Å². The van der Waals surface area contributed by atoms with E-state index in [0.717, 1.165) is 0 Å². The van der Waals surface area contributed by atoms with Crippen molar-refractivity contribution in [3.63, 3.8) is 0 Å². The molecule has 0 radical (unpaired) electrons. The van der Waals surface area contributed by atoms with Crippen LogP contribution in [0, 0.1) is 5.82 Å². The molecule has 0 aliphatic rings. The molecule has 0 bridgehead atoms. The Morgan fingerprint density at radius 3 is 2.47 bits per heavy atom. The molecule has 0 aromatic heterocycles. The summed E-state index contributed by atoms with van der Waals surface area (Å²) in [7, 11) is 5.11. The van der Waals surface area contributed by atoms with E-state index in [2.05, 4.69) is 10.1 Å². The maximum atomic E-state index is 14.0. The van der Waals surface area contributed by atoms with Crippen LogP contribution < -0.4 is 14.8 Å². The van der Waals surface area contributed by atoms with Crippen LogP contribution in [-0.2, 0) is 13.1 Å². The molecule has 2 aromatic rings. The van der Waals surface area contributed by atoms with Crippen LogP contribution in [0.25, 0.3) is 0 Å². The highest BCUT2D eigenvalue weighted by molar-refractivity contribution is 5.74. The van der Waals surface area contributed by atoms with Crippen LogP contribution in [0.3, 0.4) is 0 Å². The number of alkyl halides is 2. The Bertz CT molecular complexity index is 834. The Morgan fingerprint density at radius 1 is 1.10 bits per heavy atom. The van der Waals surface area contributed by atoms with Crippen LogP contribution in [0.1, 0.15) is 11.1 Å². The fraction of sp³-hybridized carbons (Fsp3) is 0.381. The number of hydrogen-bond donors (Lipinski definition) is 1. The summed E-state index contributed by atoms with van der Waals surface area (Å²) in [6.45, 7) is -1.70. The molecule has 6 nitrogen and oxygen atoms in total. The van der Waals surface area contributed by atoms with E-state index >= 15 is 0 Å². The minimum Gasteiger partial charge on any atom is -0.493 e. The van der Waals surface area contributed by atoms with Gasteiger partial charge < -0.3 is 24.6 Å². The van der Waals surface area contributed by atoms with Crippen LogP contribution in [0.2, 0.25) is 0 Å². The van der Waals surface area contributed by atoms with Crippen molar-refractivity contribution in [3.8, 4) is 11.5 Å². The predicted octanol–water partition coefficient (Wildman–Crippen LogP) is 3.71. The number of amides is 2. The largest absolute Gasteiger partial charge is 0.493 e. The van der Waals surface area contributed by atoms with Crippen molar-refractivity contribution in [2.24, 2.45) is 0 Å². The second-order valence-corrected chi connectivity index (χ2v) is 6.84. The minimum atomic E-state index is -2.96. The molecule has 0 unspecified atom stereocenters. The highest BCUT2D eigenvalue weighted by Crippen LogP contribution is 2.29. The van der Waals surface area contributed by atoms with Gasteiger partial charge in [0.1, 0.15) is 5.82 Å². The molecule has 0 fully saturated rings. The minimum absolute atomic E-state index is 0.0882. The molecule has 0 saturated carbocycles. The van der Waals surface area contributed by atoms with Crippen LogP contribution in [-0.4, -0.2) is 56.7 Å². The topological polar surface area (TPSA) is 54.0 Å². The van der Waals surface area contributed by atoms with Crippen molar-refractivity contribution in [1.29, 1.82) is 0 Å². The molecular weight excluding hydrogens is 399 g/mol. The number of halogens is 3. The van der Waals surface area contributed by atoms with Gasteiger partial charge in [-0.1, -0.05) is 24.3 Å². The normalized spacial score (nSPS) is 10.9. The van der Waals surface area contributed by atoms with Gasteiger partial charge in [-0.05, 0) is 37.9 Å². The van der Waals surface area contributed by atoms with Crippen LogP contribution in [0.5, 0.6) is 11.5 Å². The van der Waals surface area contributed by atoms with E-state index in [1.807, 2.05) is 19.0 Å². The van der Waals surface area contributed by atoms with Gasteiger partial charge in [0, 0.05) is 25.2 Å². The third kappa shape index (κ3) is 7.14. The van der Waals surface area contributed by atoms with E-state index in [9.17, 15) is 18.0 Å². The van der Waals surface area contributed by atoms with Crippen LogP contribution in [0.4, 0.5) is 18.0 Å². The van der Waals surface area contributed by atoms with Crippen LogP contribution >= 0.6 is 0 Å². The Morgan fingerprint density at radius 2 is 1.83 bits per heavy atom. The molecule has 2 aromatic carbocycles. The first-order chi connectivity index (χ1) is 14.3. The quantitative estimate of drug-likeness (QED) is 0.631. The number of nitrogens with one attached hydrogen (secondary N) is 1. The summed E-state index contributed by atoms with van der Waals surface area (Å²) in [5.74, 6) is -0.327. The average Bonchev–Trinajstić information content (AvgIpc) is 2.70. The molecule has 9 heteroatoms. The lowest BCUT2D eigenvalue weighted by molar-refractivity contribution is -0.0512. The molecule has 2 rings (SSSR count).